The normalized spacial score (nSPS) is 12.8. The van der Waals surface area contributed by atoms with Gasteiger partial charge in [0.1, 0.15) is 16.3 Å². The minimum Gasteiger partial charge on any atom is -0.383 e. The Morgan fingerprint density at radius 3 is 2.41 bits per heavy atom. The Bertz CT molecular complexity index is 556. The number of aliphatic hydroxyl groups excluding tert-OH is 1. The van der Waals surface area contributed by atoms with Gasteiger partial charge in [0.25, 0.3) is 0 Å². The number of rotatable bonds is 2. The van der Waals surface area contributed by atoms with E-state index in [0.29, 0.717) is 19.3 Å². The fraction of sp³-hybridized carbons (Fsp3) is 0.0909. The first-order valence-corrected chi connectivity index (χ1v) is 6.52. The molecule has 0 aliphatic rings. The van der Waals surface area contributed by atoms with Gasteiger partial charge in [-0.1, -0.05) is 34.8 Å². The zero-order chi connectivity index (χ0) is 12.6. The number of hydrogen-bond acceptors (Lipinski definition) is 2. The van der Waals surface area contributed by atoms with Crippen molar-refractivity contribution in [1.29, 1.82) is 0 Å². The van der Waals surface area contributed by atoms with Crippen LogP contribution in [0.4, 0.5) is 4.39 Å². The van der Waals surface area contributed by atoms with Crippen molar-refractivity contribution in [2.24, 2.45) is 0 Å². The highest BCUT2D eigenvalue weighted by Crippen LogP contribution is 2.38. The predicted molar refractivity (Wildman–Crippen MR) is 69.8 cm³/mol. The van der Waals surface area contributed by atoms with Gasteiger partial charge in [-0.3, -0.25) is 0 Å². The number of benzene rings is 1. The Hall–Kier alpha value is -0.320. The minimum absolute atomic E-state index is 0.0777. The van der Waals surface area contributed by atoms with Crippen molar-refractivity contribution < 1.29 is 9.50 Å². The minimum atomic E-state index is -1.18. The SMILES string of the molecule is OC(c1cc(Cl)ccc1F)c1cc(Cl)sc1Cl. The molecule has 1 N–H and O–H groups in total. The maximum atomic E-state index is 13.6. The molecule has 1 atom stereocenters. The van der Waals surface area contributed by atoms with Gasteiger partial charge in [0.15, 0.2) is 0 Å². The molecule has 1 unspecified atom stereocenters. The lowest BCUT2D eigenvalue weighted by atomic mass is 10.0. The second kappa shape index (κ2) is 5.12. The summed E-state index contributed by atoms with van der Waals surface area (Å²) in [7, 11) is 0. The number of aliphatic hydroxyl groups is 1. The lowest BCUT2D eigenvalue weighted by molar-refractivity contribution is 0.215. The molecule has 1 aromatic carbocycles. The van der Waals surface area contributed by atoms with Crippen molar-refractivity contribution in [3.8, 4) is 0 Å². The molecule has 0 bridgehead atoms. The molecule has 0 amide bonds. The van der Waals surface area contributed by atoms with E-state index in [0.717, 1.165) is 11.3 Å². The van der Waals surface area contributed by atoms with Gasteiger partial charge in [-0.15, -0.1) is 11.3 Å². The van der Waals surface area contributed by atoms with Crippen molar-refractivity contribution in [2.45, 2.75) is 6.10 Å². The fourth-order valence-corrected chi connectivity index (χ4v) is 3.13. The summed E-state index contributed by atoms with van der Waals surface area (Å²) in [5, 5.41) is 10.4. The number of halogens is 4. The molecule has 0 saturated carbocycles. The van der Waals surface area contributed by atoms with Crippen LogP contribution in [0.2, 0.25) is 13.7 Å². The van der Waals surface area contributed by atoms with E-state index >= 15 is 0 Å². The highest BCUT2D eigenvalue weighted by Gasteiger charge is 2.20. The van der Waals surface area contributed by atoms with Crippen LogP contribution in [0.15, 0.2) is 24.3 Å². The van der Waals surface area contributed by atoms with Gasteiger partial charge in [-0.05, 0) is 24.3 Å². The molecule has 6 heteroatoms. The first-order valence-electron chi connectivity index (χ1n) is 4.57. The van der Waals surface area contributed by atoms with E-state index in [1.807, 2.05) is 0 Å². The van der Waals surface area contributed by atoms with E-state index < -0.39 is 11.9 Å². The van der Waals surface area contributed by atoms with E-state index in [1.54, 1.807) is 0 Å². The van der Waals surface area contributed by atoms with Crippen molar-refractivity contribution in [3.63, 3.8) is 0 Å². The molecule has 90 valence electrons. The highest BCUT2D eigenvalue weighted by atomic mass is 35.5. The summed E-state index contributed by atoms with van der Waals surface area (Å²) >= 11 is 18.5. The predicted octanol–water partition coefficient (Wildman–Crippen LogP) is 4.93. The van der Waals surface area contributed by atoms with Crippen LogP contribution in [0.1, 0.15) is 17.2 Å². The zero-order valence-electron chi connectivity index (χ0n) is 8.25. The molecule has 1 heterocycles. The molecule has 0 saturated heterocycles. The molecule has 0 aliphatic carbocycles. The Morgan fingerprint density at radius 1 is 1.12 bits per heavy atom. The lowest BCUT2D eigenvalue weighted by Crippen LogP contribution is -2.01. The van der Waals surface area contributed by atoms with E-state index in [4.69, 9.17) is 34.8 Å². The largest absolute Gasteiger partial charge is 0.383 e. The Morgan fingerprint density at radius 2 is 1.82 bits per heavy atom. The quantitative estimate of drug-likeness (QED) is 0.834. The molecule has 1 aromatic heterocycles. The third-order valence-electron chi connectivity index (χ3n) is 2.23. The standard InChI is InChI=1S/C11H6Cl3FOS/c12-5-1-2-8(15)6(3-5)10(16)7-4-9(13)17-11(7)14/h1-4,10,16H. The second-order valence-electron chi connectivity index (χ2n) is 3.35. The lowest BCUT2D eigenvalue weighted by Gasteiger charge is -2.11. The maximum absolute atomic E-state index is 13.6. The van der Waals surface area contributed by atoms with Crippen molar-refractivity contribution in [1.82, 2.24) is 0 Å². The summed E-state index contributed by atoms with van der Waals surface area (Å²) in [5.41, 5.74) is 0.455. The van der Waals surface area contributed by atoms with E-state index in [2.05, 4.69) is 0 Å². The van der Waals surface area contributed by atoms with Crippen LogP contribution in [0.3, 0.4) is 0 Å². The van der Waals surface area contributed by atoms with Crippen LogP contribution in [0.5, 0.6) is 0 Å². The number of hydrogen-bond donors (Lipinski definition) is 1. The van der Waals surface area contributed by atoms with Gasteiger partial charge in [0.2, 0.25) is 0 Å². The van der Waals surface area contributed by atoms with Crippen LogP contribution >= 0.6 is 46.1 Å². The summed E-state index contributed by atoms with van der Waals surface area (Å²) < 4.78 is 14.3. The van der Waals surface area contributed by atoms with Gasteiger partial charge in [-0.2, -0.15) is 0 Å². The summed E-state index contributed by atoms with van der Waals surface area (Å²) in [6, 6.07) is 5.49. The molecule has 2 rings (SSSR count). The van der Waals surface area contributed by atoms with E-state index in [9.17, 15) is 9.50 Å². The summed E-state index contributed by atoms with van der Waals surface area (Å²) in [5.74, 6) is -0.541. The van der Waals surface area contributed by atoms with Gasteiger partial charge in [0.05, 0.1) is 4.34 Å². The average molecular weight is 312 g/mol. The average Bonchev–Trinajstić information content (AvgIpc) is 2.60. The summed E-state index contributed by atoms with van der Waals surface area (Å²) in [6.45, 7) is 0. The first kappa shape index (κ1) is 13.1. The topological polar surface area (TPSA) is 20.2 Å². The van der Waals surface area contributed by atoms with Crippen molar-refractivity contribution >= 4 is 46.1 Å². The molecule has 0 aliphatic heterocycles. The number of thiophene rings is 1. The molecular weight excluding hydrogens is 306 g/mol. The van der Waals surface area contributed by atoms with Crippen molar-refractivity contribution in [3.05, 3.63) is 54.9 Å². The van der Waals surface area contributed by atoms with Crippen LogP contribution in [-0.4, -0.2) is 5.11 Å². The molecular formula is C11H6Cl3FOS. The maximum Gasteiger partial charge on any atom is 0.129 e. The van der Waals surface area contributed by atoms with Gasteiger partial charge >= 0.3 is 0 Å². The second-order valence-corrected chi connectivity index (χ2v) is 6.07. The molecule has 0 fully saturated rings. The smallest absolute Gasteiger partial charge is 0.129 e. The van der Waals surface area contributed by atoms with E-state index in [1.165, 1.54) is 24.3 Å². The Kier molecular flexibility index (Phi) is 3.95. The Balaban J connectivity index is 2.46. The fourth-order valence-electron chi connectivity index (χ4n) is 1.43. The van der Waals surface area contributed by atoms with Gasteiger partial charge in [0, 0.05) is 16.1 Å². The monoisotopic (exact) mass is 310 g/mol. The molecule has 0 radical (unpaired) electrons. The summed E-state index contributed by atoms with van der Waals surface area (Å²) in [4.78, 5) is 0. The molecule has 0 spiro atoms. The summed E-state index contributed by atoms with van der Waals surface area (Å²) in [6.07, 6.45) is -1.18. The van der Waals surface area contributed by atoms with Gasteiger partial charge < -0.3 is 5.11 Å². The molecule has 1 nitrogen and oxygen atoms in total. The highest BCUT2D eigenvalue weighted by molar-refractivity contribution is 7.20. The van der Waals surface area contributed by atoms with Gasteiger partial charge in [-0.25, -0.2) is 4.39 Å². The van der Waals surface area contributed by atoms with E-state index in [-0.39, 0.29) is 5.56 Å². The molecule has 17 heavy (non-hydrogen) atoms. The third kappa shape index (κ3) is 2.75. The molecule has 2 aromatic rings. The van der Waals surface area contributed by atoms with Crippen LogP contribution in [0.25, 0.3) is 0 Å². The van der Waals surface area contributed by atoms with Crippen LogP contribution in [0, 0.1) is 5.82 Å². The van der Waals surface area contributed by atoms with Crippen LogP contribution in [-0.2, 0) is 0 Å². The first-order chi connectivity index (χ1) is 7.99. The van der Waals surface area contributed by atoms with Crippen LogP contribution < -0.4 is 0 Å². The Labute approximate surface area is 116 Å². The van der Waals surface area contributed by atoms with Crippen molar-refractivity contribution in [2.75, 3.05) is 0 Å². The third-order valence-corrected chi connectivity index (χ3v) is 3.98. The zero-order valence-corrected chi connectivity index (χ0v) is 11.3.